The number of carbonyl (C=O) groups excluding carboxylic acids is 2. The summed E-state index contributed by atoms with van der Waals surface area (Å²) in [7, 11) is 0. The van der Waals surface area contributed by atoms with E-state index < -0.39 is 23.1 Å². The molecule has 0 saturated carbocycles. The zero-order valence-electron chi connectivity index (χ0n) is 18.9. The number of nitrogens with zero attached hydrogens (tertiary/aromatic N) is 2. The van der Waals surface area contributed by atoms with E-state index in [0.717, 1.165) is 6.42 Å². The first kappa shape index (κ1) is 26.5. The number of hydrogen-bond donors (Lipinski definition) is 3. The lowest BCUT2D eigenvalue weighted by molar-refractivity contribution is -0.122. The molecule has 9 nitrogen and oxygen atoms in total. The molecule has 1 heterocycles. The van der Waals surface area contributed by atoms with E-state index >= 15 is 0 Å². The number of aromatic nitrogens is 2. The lowest BCUT2D eigenvalue weighted by Gasteiger charge is -2.26. The van der Waals surface area contributed by atoms with Crippen LogP contribution in [-0.4, -0.2) is 27.9 Å². The van der Waals surface area contributed by atoms with Crippen LogP contribution in [0.25, 0.3) is 0 Å². The van der Waals surface area contributed by atoms with Crippen molar-refractivity contribution >= 4 is 52.2 Å². The SMILES string of the molecule is CCCCn1c(N)c(N(CC(C)C)C(=O)CCC(=O)Nc2cccc(Cl)c2Cl)c(=O)[nH]c1=O. The summed E-state index contributed by atoms with van der Waals surface area (Å²) < 4.78 is 1.26. The third-order valence-electron chi connectivity index (χ3n) is 4.86. The number of H-pyrrole nitrogens is 1. The minimum Gasteiger partial charge on any atom is -0.383 e. The van der Waals surface area contributed by atoms with Gasteiger partial charge in [-0.1, -0.05) is 56.5 Å². The molecular formula is C22H29Cl2N5O4. The number of aromatic amines is 1. The highest BCUT2D eigenvalue weighted by molar-refractivity contribution is 6.44. The van der Waals surface area contributed by atoms with E-state index in [-0.39, 0.29) is 41.8 Å². The Morgan fingerprint density at radius 1 is 1.21 bits per heavy atom. The number of rotatable bonds is 10. The van der Waals surface area contributed by atoms with E-state index in [9.17, 15) is 19.2 Å². The maximum Gasteiger partial charge on any atom is 0.330 e. The van der Waals surface area contributed by atoms with Gasteiger partial charge in [-0.3, -0.25) is 23.9 Å². The standard InChI is InChI=1S/C22H29Cl2N5O4/c1-4-5-11-28-20(25)19(21(32)27-22(28)33)29(12-13(2)3)17(31)10-9-16(30)26-15-8-6-7-14(23)18(15)24/h6-8,13H,4-5,9-12,25H2,1-3H3,(H,26,30)(H,27,32,33). The van der Waals surface area contributed by atoms with Crippen molar-refractivity contribution in [1.82, 2.24) is 9.55 Å². The molecule has 0 fully saturated rings. The Bertz CT molecular complexity index is 1130. The molecule has 11 heteroatoms. The van der Waals surface area contributed by atoms with Crippen LogP contribution in [0.15, 0.2) is 27.8 Å². The van der Waals surface area contributed by atoms with E-state index in [4.69, 9.17) is 28.9 Å². The summed E-state index contributed by atoms with van der Waals surface area (Å²) in [5.74, 6) is -0.968. The van der Waals surface area contributed by atoms with Gasteiger partial charge in [0.1, 0.15) is 5.82 Å². The molecular weight excluding hydrogens is 469 g/mol. The van der Waals surface area contributed by atoms with Crippen LogP contribution in [0.5, 0.6) is 0 Å². The lowest BCUT2D eigenvalue weighted by Crippen LogP contribution is -2.42. The topological polar surface area (TPSA) is 130 Å². The molecule has 1 aromatic heterocycles. The molecule has 0 aliphatic rings. The molecule has 2 aromatic rings. The van der Waals surface area contributed by atoms with E-state index in [1.807, 2.05) is 20.8 Å². The summed E-state index contributed by atoms with van der Waals surface area (Å²) in [6, 6.07) is 4.83. The molecule has 0 aliphatic carbocycles. The van der Waals surface area contributed by atoms with Gasteiger partial charge in [-0.25, -0.2) is 4.79 Å². The van der Waals surface area contributed by atoms with Gasteiger partial charge in [0.2, 0.25) is 11.8 Å². The quantitative estimate of drug-likeness (QED) is 0.461. The van der Waals surface area contributed by atoms with Crippen molar-refractivity contribution in [3.8, 4) is 0 Å². The van der Waals surface area contributed by atoms with Gasteiger partial charge in [0.25, 0.3) is 5.56 Å². The molecule has 0 unspecified atom stereocenters. The molecule has 0 atom stereocenters. The minimum atomic E-state index is -0.741. The van der Waals surface area contributed by atoms with Gasteiger partial charge >= 0.3 is 5.69 Å². The van der Waals surface area contributed by atoms with E-state index in [2.05, 4.69) is 10.3 Å². The summed E-state index contributed by atoms with van der Waals surface area (Å²) >= 11 is 12.0. The Morgan fingerprint density at radius 2 is 1.91 bits per heavy atom. The Kier molecular flexibility index (Phi) is 9.55. The molecule has 0 radical (unpaired) electrons. The molecule has 0 spiro atoms. The molecule has 1 aromatic carbocycles. The van der Waals surface area contributed by atoms with Crippen LogP contribution in [0.4, 0.5) is 17.2 Å². The number of anilines is 3. The largest absolute Gasteiger partial charge is 0.383 e. The van der Waals surface area contributed by atoms with E-state index in [1.54, 1.807) is 18.2 Å². The highest BCUT2D eigenvalue weighted by Gasteiger charge is 2.25. The van der Waals surface area contributed by atoms with Crippen LogP contribution in [0.2, 0.25) is 10.0 Å². The molecule has 0 bridgehead atoms. The third kappa shape index (κ3) is 6.85. The number of unbranched alkanes of at least 4 members (excludes halogenated alkanes) is 1. The molecule has 180 valence electrons. The van der Waals surface area contributed by atoms with Crippen LogP contribution in [-0.2, 0) is 16.1 Å². The number of nitrogen functional groups attached to an aromatic ring is 1. The van der Waals surface area contributed by atoms with E-state index in [1.165, 1.54) is 9.47 Å². The van der Waals surface area contributed by atoms with Gasteiger partial charge in [-0.2, -0.15) is 0 Å². The number of carbonyl (C=O) groups is 2. The highest BCUT2D eigenvalue weighted by Crippen LogP contribution is 2.29. The lowest BCUT2D eigenvalue weighted by atomic mass is 10.1. The number of amides is 2. The Balaban J connectivity index is 2.25. The van der Waals surface area contributed by atoms with Gasteiger partial charge in [0, 0.05) is 25.9 Å². The maximum absolute atomic E-state index is 13.1. The predicted octanol–water partition coefficient (Wildman–Crippen LogP) is 3.63. The van der Waals surface area contributed by atoms with Crippen LogP contribution in [0, 0.1) is 5.92 Å². The zero-order chi connectivity index (χ0) is 24.7. The number of nitrogens with one attached hydrogen (secondary N) is 2. The van der Waals surface area contributed by atoms with Gasteiger partial charge in [0.15, 0.2) is 5.69 Å². The molecule has 4 N–H and O–H groups in total. The third-order valence-corrected chi connectivity index (χ3v) is 5.68. The van der Waals surface area contributed by atoms with Crippen molar-refractivity contribution in [2.75, 3.05) is 22.5 Å². The second kappa shape index (κ2) is 11.9. The number of benzene rings is 1. The average Bonchev–Trinajstić information content (AvgIpc) is 2.74. The molecule has 0 saturated heterocycles. The first-order chi connectivity index (χ1) is 15.6. The van der Waals surface area contributed by atoms with Crippen molar-refractivity contribution in [2.24, 2.45) is 5.92 Å². The maximum atomic E-state index is 13.1. The van der Waals surface area contributed by atoms with Crippen LogP contribution in [0.3, 0.4) is 0 Å². The van der Waals surface area contributed by atoms with Gasteiger partial charge in [-0.15, -0.1) is 0 Å². The summed E-state index contributed by atoms with van der Waals surface area (Å²) in [4.78, 5) is 53.8. The normalized spacial score (nSPS) is 11.0. The summed E-state index contributed by atoms with van der Waals surface area (Å²) in [5.41, 5.74) is 5.07. The molecule has 2 amide bonds. The smallest absolute Gasteiger partial charge is 0.330 e. The minimum absolute atomic E-state index is 0.00265. The van der Waals surface area contributed by atoms with Crippen LogP contribution in [0.1, 0.15) is 46.5 Å². The summed E-state index contributed by atoms with van der Waals surface area (Å²) in [5, 5.41) is 3.12. The van der Waals surface area contributed by atoms with Crippen molar-refractivity contribution < 1.29 is 9.59 Å². The van der Waals surface area contributed by atoms with Crippen molar-refractivity contribution in [3.05, 3.63) is 49.1 Å². The summed E-state index contributed by atoms with van der Waals surface area (Å²) in [6.07, 6.45) is 1.17. The molecule has 0 aliphatic heterocycles. The molecule has 2 rings (SSSR count). The number of hydrogen-bond acceptors (Lipinski definition) is 5. The second-order valence-corrected chi connectivity index (χ2v) is 8.83. The van der Waals surface area contributed by atoms with Gasteiger partial charge in [-0.05, 0) is 24.5 Å². The first-order valence-corrected chi connectivity index (χ1v) is 11.5. The van der Waals surface area contributed by atoms with Crippen LogP contribution < -0.4 is 27.2 Å². The van der Waals surface area contributed by atoms with Crippen molar-refractivity contribution in [2.45, 2.75) is 53.0 Å². The van der Waals surface area contributed by atoms with Crippen molar-refractivity contribution in [3.63, 3.8) is 0 Å². The number of halogens is 2. The van der Waals surface area contributed by atoms with Gasteiger partial charge in [0.05, 0.1) is 15.7 Å². The average molecular weight is 498 g/mol. The second-order valence-electron chi connectivity index (χ2n) is 8.05. The zero-order valence-corrected chi connectivity index (χ0v) is 20.4. The van der Waals surface area contributed by atoms with Crippen LogP contribution >= 0.6 is 23.2 Å². The fourth-order valence-corrected chi connectivity index (χ4v) is 3.58. The fourth-order valence-electron chi connectivity index (χ4n) is 3.23. The highest BCUT2D eigenvalue weighted by atomic mass is 35.5. The monoisotopic (exact) mass is 497 g/mol. The van der Waals surface area contributed by atoms with Gasteiger partial charge < -0.3 is 16.0 Å². The van der Waals surface area contributed by atoms with E-state index in [0.29, 0.717) is 23.7 Å². The predicted molar refractivity (Wildman–Crippen MR) is 132 cm³/mol. The number of nitrogens with two attached hydrogens (primary N) is 1. The first-order valence-electron chi connectivity index (χ1n) is 10.7. The summed E-state index contributed by atoms with van der Waals surface area (Å²) in [6.45, 7) is 6.23. The Hall–Kier alpha value is -2.78. The van der Waals surface area contributed by atoms with Crippen molar-refractivity contribution in [1.29, 1.82) is 0 Å². The Morgan fingerprint density at radius 3 is 2.55 bits per heavy atom. The Labute approximate surface area is 201 Å². The fraction of sp³-hybridized carbons (Fsp3) is 0.455. The molecule has 33 heavy (non-hydrogen) atoms.